The van der Waals surface area contributed by atoms with Crippen molar-refractivity contribution in [3.05, 3.63) is 24.2 Å². The van der Waals surface area contributed by atoms with Crippen LogP contribution in [0.4, 0.5) is 0 Å². The van der Waals surface area contributed by atoms with Crippen molar-refractivity contribution in [2.45, 2.75) is 57.2 Å². The highest BCUT2D eigenvalue weighted by molar-refractivity contribution is 5.02. The average molecular weight is 248 g/mol. The first-order valence-corrected chi connectivity index (χ1v) is 7.36. The smallest absolute Gasteiger partial charge is 0.117 e. The maximum Gasteiger partial charge on any atom is 0.117 e. The van der Waals surface area contributed by atoms with Gasteiger partial charge in [-0.15, -0.1) is 0 Å². The molecule has 100 valence electrons. The summed E-state index contributed by atoms with van der Waals surface area (Å²) in [6.45, 7) is 1.73. The minimum Gasteiger partial charge on any atom is -0.468 e. The average Bonchev–Trinajstić information content (AvgIpc) is 2.89. The van der Waals surface area contributed by atoms with Crippen molar-refractivity contribution < 1.29 is 4.42 Å². The zero-order valence-electron chi connectivity index (χ0n) is 11.1. The van der Waals surface area contributed by atoms with Crippen molar-refractivity contribution in [1.82, 2.24) is 4.90 Å². The van der Waals surface area contributed by atoms with Crippen LogP contribution in [0.15, 0.2) is 22.8 Å². The molecule has 2 N–H and O–H groups in total. The first-order valence-electron chi connectivity index (χ1n) is 7.36. The Labute approximate surface area is 109 Å². The number of nitrogens with two attached hydrogens (primary N) is 1. The first kappa shape index (κ1) is 12.2. The van der Waals surface area contributed by atoms with E-state index in [-0.39, 0.29) is 0 Å². The van der Waals surface area contributed by atoms with Crippen molar-refractivity contribution in [1.29, 1.82) is 0 Å². The van der Waals surface area contributed by atoms with Crippen LogP contribution in [0.25, 0.3) is 0 Å². The monoisotopic (exact) mass is 248 g/mol. The van der Waals surface area contributed by atoms with Gasteiger partial charge < -0.3 is 10.2 Å². The molecule has 2 saturated carbocycles. The summed E-state index contributed by atoms with van der Waals surface area (Å²) in [6, 6.07) is 5.37. The van der Waals surface area contributed by atoms with Gasteiger partial charge >= 0.3 is 0 Å². The van der Waals surface area contributed by atoms with Crippen LogP contribution < -0.4 is 5.73 Å². The molecule has 1 aromatic heterocycles. The van der Waals surface area contributed by atoms with Gasteiger partial charge in [-0.05, 0) is 43.7 Å². The third-order valence-electron chi connectivity index (χ3n) is 4.55. The van der Waals surface area contributed by atoms with Gasteiger partial charge in [0.1, 0.15) is 5.76 Å². The summed E-state index contributed by atoms with van der Waals surface area (Å²) in [6.07, 6.45) is 9.95. The number of furan rings is 1. The van der Waals surface area contributed by atoms with E-state index in [0.29, 0.717) is 6.04 Å². The molecule has 0 aromatic carbocycles. The van der Waals surface area contributed by atoms with Crippen LogP contribution >= 0.6 is 0 Å². The van der Waals surface area contributed by atoms with E-state index < -0.39 is 0 Å². The molecule has 2 aliphatic carbocycles. The Morgan fingerprint density at radius 3 is 2.61 bits per heavy atom. The fourth-order valence-corrected chi connectivity index (χ4v) is 3.45. The van der Waals surface area contributed by atoms with Crippen LogP contribution in [0, 0.1) is 5.92 Å². The summed E-state index contributed by atoms with van der Waals surface area (Å²) in [7, 11) is 0. The summed E-state index contributed by atoms with van der Waals surface area (Å²) in [5.41, 5.74) is 6.08. The van der Waals surface area contributed by atoms with Crippen molar-refractivity contribution in [2.24, 2.45) is 11.7 Å². The first-order chi connectivity index (χ1) is 8.88. The molecule has 2 fully saturated rings. The molecule has 3 nitrogen and oxygen atoms in total. The second kappa shape index (κ2) is 5.45. The highest BCUT2D eigenvalue weighted by atomic mass is 16.3. The van der Waals surface area contributed by atoms with E-state index in [0.717, 1.165) is 30.8 Å². The van der Waals surface area contributed by atoms with E-state index in [2.05, 4.69) is 11.0 Å². The molecular formula is C15H24N2O. The standard InChI is InChI=1S/C15H24N2O/c16-10-15(12-4-1-2-5-12)17(13-7-8-13)11-14-6-3-9-18-14/h3,6,9,12-13,15H,1-2,4-5,7-8,10-11,16H2. The van der Waals surface area contributed by atoms with Crippen LogP contribution in [-0.4, -0.2) is 23.5 Å². The topological polar surface area (TPSA) is 42.4 Å². The molecule has 18 heavy (non-hydrogen) atoms. The van der Waals surface area contributed by atoms with Crippen molar-refractivity contribution >= 4 is 0 Å². The van der Waals surface area contributed by atoms with E-state index in [4.69, 9.17) is 10.2 Å². The van der Waals surface area contributed by atoms with Gasteiger partial charge in [0.05, 0.1) is 12.8 Å². The second-order valence-corrected chi connectivity index (χ2v) is 5.83. The third-order valence-corrected chi connectivity index (χ3v) is 4.55. The lowest BCUT2D eigenvalue weighted by Crippen LogP contribution is -2.45. The molecule has 0 aliphatic heterocycles. The molecule has 3 rings (SSSR count). The summed E-state index contributed by atoms with van der Waals surface area (Å²) in [5.74, 6) is 1.89. The Hall–Kier alpha value is -0.800. The van der Waals surface area contributed by atoms with Crippen LogP contribution in [-0.2, 0) is 6.54 Å². The molecule has 1 unspecified atom stereocenters. The quantitative estimate of drug-likeness (QED) is 0.841. The Kier molecular flexibility index (Phi) is 3.71. The molecular weight excluding hydrogens is 224 g/mol. The van der Waals surface area contributed by atoms with E-state index in [1.54, 1.807) is 6.26 Å². The lowest BCUT2D eigenvalue weighted by molar-refractivity contribution is 0.120. The van der Waals surface area contributed by atoms with Crippen LogP contribution in [0.5, 0.6) is 0 Å². The summed E-state index contributed by atoms with van der Waals surface area (Å²) in [4.78, 5) is 2.62. The van der Waals surface area contributed by atoms with Gasteiger partial charge in [0, 0.05) is 18.6 Å². The molecule has 0 bridgehead atoms. The normalized spacial score (nSPS) is 22.8. The van der Waals surface area contributed by atoms with E-state index >= 15 is 0 Å². The number of hydrogen-bond donors (Lipinski definition) is 1. The van der Waals surface area contributed by atoms with Crippen LogP contribution in [0.1, 0.15) is 44.3 Å². The van der Waals surface area contributed by atoms with Gasteiger partial charge in [-0.25, -0.2) is 0 Å². The maximum absolute atomic E-state index is 6.08. The Bertz CT molecular complexity index is 353. The van der Waals surface area contributed by atoms with Crippen molar-refractivity contribution in [3.63, 3.8) is 0 Å². The number of nitrogens with zero attached hydrogens (tertiary/aromatic N) is 1. The molecule has 1 aromatic rings. The molecule has 0 amide bonds. The zero-order chi connectivity index (χ0) is 12.4. The Morgan fingerprint density at radius 1 is 1.28 bits per heavy atom. The maximum atomic E-state index is 6.08. The lowest BCUT2D eigenvalue weighted by Gasteiger charge is -2.34. The van der Waals surface area contributed by atoms with E-state index in [9.17, 15) is 0 Å². The zero-order valence-corrected chi connectivity index (χ0v) is 11.1. The van der Waals surface area contributed by atoms with Crippen LogP contribution in [0.3, 0.4) is 0 Å². The molecule has 2 aliphatic rings. The van der Waals surface area contributed by atoms with Gasteiger partial charge in [0.2, 0.25) is 0 Å². The van der Waals surface area contributed by atoms with E-state index in [1.807, 2.05) is 6.07 Å². The largest absolute Gasteiger partial charge is 0.468 e. The third kappa shape index (κ3) is 2.62. The number of rotatable bonds is 6. The molecule has 0 radical (unpaired) electrons. The molecule has 3 heteroatoms. The van der Waals surface area contributed by atoms with Gasteiger partial charge in [-0.2, -0.15) is 0 Å². The fourth-order valence-electron chi connectivity index (χ4n) is 3.45. The van der Waals surface area contributed by atoms with Gasteiger partial charge in [0.15, 0.2) is 0 Å². The van der Waals surface area contributed by atoms with Gasteiger partial charge in [-0.3, -0.25) is 4.90 Å². The molecule has 1 heterocycles. The highest BCUT2D eigenvalue weighted by Crippen LogP contribution is 2.36. The number of hydrogen-bond acceptors (Lipinski definition) is 3. The van der Waals surface area contributed by atoms with Crippen molar-refractivity contribution in [2.75, 3.05) is 6.54 Å². The predicted octanol–water partition coefficient (Wildman–Crippen LogP) is 2.76. The Balaban J connectivity index is 1.70. The molecule has 0 spiro atoms. The van der Waals surface area contributed by atoms with Gasteiger partial charge in [-0.1, -0.05) is 12.8 Å². The van der Waals surface area contributed by atoms with Gasteiger partial charge in [0.25, 0.3) is 0 Å². The highest BCUT2D eigenvalue weighted by Gasteiger charge is 2.37. The fraction of sp³-hybridized carbons (Fsp3) is 0.733. The van der Waals surface area contributed by atoms with E-state index in [1.165, 1.54) is 38.5 Å². The molecule has 0 saturated heterocycles. The SMILES string of the molecule is NCC(C1CCCC1)N(Cc1ccco1)C1CC1. The lowest BCUT2D eigenvalue weighted by atomic mass is 9.96. The minimum absolute atomic E-state index is 0.560. The summed E-state index contributed by atoms with van der Waals surface area (Å²) >= 11 is 0. The second-order valence-electron chi connectivity index (χ2n) is 5.83. The molecule has 1 atom stereocenters. The Morgan fingerprint density at radius 2 is 2.06 bits per heavy atom. The summed E-state index contributed by atoms with van der Waals surface area (Å²) < 4.78 is 5.52. The predicted molar refractivity (Wildman–Crippen MR) is 72.1 cm³/mol. The minimum atomic E-state index is 0.560. The van der Waals surface area contributed by atoms with Crippen molar-refractivity contribution in [3.8, 4) is 0 Å². The summed E-state index contributed by atoms with van der Waals surface area (Å²) in [5, 5.41) is 0. The van der Waals surface area contributed by atoms with Crippen LogP contribution in [0.2, 0.25) is 0 Å².